The molecule has 0 N–H and O–H groups in total. The zero-order valence-corrected chi connectivity index (χ0v) is 17.0. The minimum absolute atomic E-state index is 0.250. The van der Waals surface area contributed by atoms with Crippen LogP contribution in [-0.2, 0) is 16.1 Å². The molecular formula is C23H26N3O2+. The first-order valence-electron chi connectivity index (χ1n) is 9.45. The van der Waals surface area contributed by atoms with Crippen LogP contribution in [0.15, 0.2) is 36.4 Å². The van der Waals surface area contributed by atoms with E-state index in [0.29, 0.717) is 0 Å². The first-order chi connectivity index (χ1) is 13.5. The quantitative estimate of drug-likeness (QED) is 0.381. The van der Waals surface area contributed by atoms with Crippen LogP contribution in [0.1, 0.15) is 37.3 Å². The Balaban J connectivity index is 0.000000878. The lowest BCUT2D eigenvalue weighted by Crippen LogP contribution is -2.36. The summed E-state index contributed by atoms with van der Waals surface area (Å²) in [6.45, 7) is 5.32. The van der Waals surface area contributed by atoms with Gasteiger partial charge in [-0.15, -0.1) is 0 Å². The van der Waals surface area contributed by atoms with Crippen LogP contribution in [0.5, 0.6) is 0 Å². The summed E-state index contributed by atoms with van der Waals surface area (Å²) in [6.07, 6.45) is 3.82. The lowest BCUT2D eigenvalue weighted by Gasteiger charge is -2.14. The Morgan fingerprint density at radius 3 is 2.18 bits per heavy atom. The number of hydrogen-bond donors (Lipinski definition) is 0. The zero-order valence-electron chi connectivity index (χ0n) is 17.0. The maximum atomic E-state index is 9.82. The van der Waals surface area contributed by atoms with Gasteiger partial charge in [-0.3, -0.25) is 0 Å². The first kappa shape index (κ1) is 21.1. The molecule has 3 aromatic rings. The van der Waals surface area contributed by atoms with Gasteiger partial charge in [0, 0.05) is 38.3 Å². The molecule has 0 aliphatic carbocycles. The van der Waals surface area contributed by atoms with Gasteiger partial charge < -0.3 is 4.90 Å². The Hall–Kier alpha value is -3.22. The van der Waals surface area contributed by atoms with E-state index >= 15 is 0 Å². The fourth-order valence-corrected chi connectivity index (χ4v) is 3.47. The van der Waals surface area contributed by atoms with Gasteiger partial charge in [0.15, 0.2) is 0 Å². The van der Waals surface area contributed by atoms with Crippen molar-refractivity contribution in [1.82, 2.24) is 0 Å². The molecule has 28 heavy (non-hydrogen) atoms. The topological polar surface area (TPSA) is 65.0 Å². The number of pyridine rings is 1. The van der Waals surface area contributed by atoms with E-state index in [0.717, 1.165) is 46.0 Å². The smallest absolute Gasteiger partial charge is 0.373 e. The lowest BCUT2D eigenvalue weighted by molar-refractivity contribution is -0.645. The summed E-state index contributed by atoms with van der Waals surface area (Å²) in [6, 6.07) is 15.3. The Kier molecular flexibility index (Phi) is 7.26. The average Bonchev–Trinajstić information content (AvgIpc) is 2.68. The second kappa shape index (κ2) is 9.64. The van der Waals surface area contributed by atoms with Crippen LogP contribution in [0.4, 0.5) is 5.69 Å². The second-order valence-corrected chi connectivity index (χ2v) is 7.05. The van der Waals surface area contributed by atoms with Crippen molar-refractivity contribution in [3.05, 3.63) is 47.5 Å². The highest BCUT2D eigenvalue weighted by molar-refractivity contribution is 5.97. The number of aromatic nitrogens is 1. The second-order valence-electron chi connectivity index (χ2n) is 7.05. The molecule has 0 unspecified atom stereocenters. The van der Waals surface area contributed by atoms with Crippen molar-refractivity contribution in [1.29, 1.82) is 5.26 Å². The Bertz CT molecular complexity index is 1060. The minimum Gasteiger partial charge on any atom is -0.377 e. The summed E-state index contributed by atoms with van der Waals surface area (Å²) in [4.78, 5) is 18.4. The number of nitriles is 1. The summed E-state index contributed by atoms with van der Waals surface area (Å²) in [5.74, 6) is 0. The highest BCUT2D eigenvalue weighted by Gasteiger charge is 2.21. The van der Waals surface area contributed by atoms with Gasteiger partial charge in [-0.2, -0.15) is 19.4 Å². The van der Waals surface area contributed by atoms with Crippen LogP contribution in [0.2, 0.25) is 0 Å². The van der Waals surface area contributed by atoms with Crippen molar-refractivity contribution in [3.8, 4) is 6.07 Å². The van der Waals surface area contributed by atoms with Crippen LogP contribution in [0.3, 0.4) is 0 Å². The number of benzene rings is 2. The first-order valence-corrected chi connectivity index (χ1v) is 9.45. The van der Waals surface area contributed by atoms with E-state index in [1.165, 1.54) is 18.4 Å². The molecule has 5 nitrogen and oxygen atoms in total. The van der Waals surface area contributed by atoms with E-state index in [1.807, 2.05) is 0 Å². The normalized spacial score (nSPS) is 10.1. The van der Waals surface area contributed by atoms with Gasteiger partial charge in [-0.1, -0.05) is 19.4 Å². The number of aryl methyl sites for hydroxylation is 2. The van der Waals surface area contributed by atoms with Crippen LogP contribution in [0.25, 0.3) is 21.8 Å². The lowest BCUT2D eigenvalue weighted by atomic mass is 10.0. The molecule has 0 saturated heterocycles. The molecule has 5 heteroatoms. The predicted molar refractivity (Wildman–Crippen MR) is 110 cm³/mol. The molecular weight excluding hydrogens is 350 g/mol. The van der Waals surface area contributed by atoms with Crippen molar-refractivity contribution in [2.75, 3.05) is 19.0 Å². The number of fused-ring (bicyclic) bond motifs is 2. The third kappa shape index (κ3) is 4.36. The average molecular weight is 376 g/mol. The molecule has 0 aliphatic heterocycles. The van der Waals surface area contributed by atoms with Gasteiger partial charge in [-0.25, -0.2) is 0 Å². The van der Waals surface area contributed by atoms with Crippen LogP contribution in [0, 0.1) is 18.3 Å². The minimum atomic E-state index is 0.250. The van der Waals surface area contributed by atoms with E-state index in [-0.39, 0.29) is 6.15 Å². The summed E-state index contributed by atoms with van der Waals surface area (Å²) in [5, 5.41) is 11.9. The molecule has 1 aromatic heterocycles. The van der Waals surface area contributed by atoms with Crippen molar-refractivity contribution in [2.24, 2.45) is 0 Å². The van der Waals surface area contributed by atoms with E-state index < -0.39 is 0 Å². The number of carbonyl (C=O) groups excluding carboxylic acids is 2. The molecule has 0 spiro atoms. The molecule has 0 saturated carbocycles. The number of hydrogen-bond acceptors (Lipinski definition) is 4. The largest absolute Gasteiger partial charge is 0.377 e. The zero-order chi connectivity index (χ0) is 20.7. The molecule has 0 atom stereocenters. The van der Waals surface area contributed by atoms with E-state index in [2.05, 4.69) is 79.9 Å². The fraction of sp³-hybridized carbons (Fsp3) is 0.348. The van der Waals surface area contributed by atoms with E-state index in [1.54, 1.807) is 0 Å². The van der Waals surface area contributed by atoms with Crippen molar-refractivity contribution >= 4 is 33.6 Å². The molecule has 0 amide bonds. The van der Waals surface area contributed by atoms with Crippen molar-refractivity contribution < 1.29 is 14.2 Å². The van der Waals surface area contributed by atoms with Gasteiger partial charge in [-0.05, 0) is 37.1 Å². The Labute approximate surface area is 165 Å². The van der Waals surface area contributed by atoms with Gasteiger partial charge >= 0.3 is 6.15 Å². The summed E-state index contributed by atoms with van der Waals surface area (Å²) in [5.41, 5.74) is 5.48. The van der Waals surface area contributed by atoms with Gasteiger partial charge in [0.1, 0.15) is 12.6 Å². The molecule has 0 aliphatic rings. The maximum Gasteiger partial charge on any atom is 0.373 e. The van der Waals surface area contributed by atoms with Gasteiger partial charge in [0.2, 0.25) is 11.0 Å². The van der Waals surface area contributed by atoms with Crippen LogP contribution in [-0.4, -0.2) is 20.2 Å². The molecule has 3 rings (SSSR count). The molecule has 2 aromatic carbocycles. The maximum absolute atomic E-state index is 9.82. The molecule has 0 fully saturated rings. The predicted octanol–water partition coefficient (Wildman–Crippen LogP) is 4.13. The summed E-state index contributed by atoms with van der Waals surface area (Å²) < 4.78 is 2.40. The van der Waals surface area contributed by atoms with E-state index in [9.17, 15) is 5.26 Å². The molecule has 1 heterocycles. The SMILES string of the molecule is CCCCC[n+]1c2cc(C)ccc2c(C#N)c2ccc(N(C)C)cc21.O=C=O. The van der Waals surface area contributed by atoms with Gasteiger partial charge in [0.05, 0.1) is 16.3 Å². The molecule has 144 valence electrons. The van der Waals surface area contributed by atoms with Crippen molar-refractivity contribution in [3.63, 3.8) is 0 Å². The number of rotatable bonds is 5. The fourth-order valence-electron chi connectivity index (χ4n) is 3.47. The Morgan fingerprint density at radius 2 is 1.61 bits per heavy atom. The summed E-state index contributed by atoms with van der Waals surface area (Å²) >= 11 is 0. The van der Waals surface area contributed by atoms with Crippen LogP contribution >= 0.6 is 0 Å². The molecule has 0 radical (unpaired) electrons. The number of anilines is 1. The van der Waals surface area contributed by atoms with Crippen molar-refractivity contribution in [2.45, 2.75) is 39.7 Å². The third-order valence-corrected chi connectivity index (χ3v) is 4.87. The van der Waals surface area contributed by atoms with Crippen LogP contribution < -0.4 is 9.47 Å². The van der Waals surface area contributed by atoms with E-state index in [4.69, 9.17) is 9.59 Å². The van der Waals surface area contributed by atoms with Gasteiger partial charge in [0.25, 0.3) is 0 Å². The third-order valence-electron chi connectivity index (χ3n) is 4.87. The summed E-state index contributed by atoms with van der Waals surface area (Å²) in [7, 11) is 4.11. The standard InChI is InChI=1S/C22H26N3.CO2/c1-5-6-7-12-25-21-13-16(2)8-10-18(21)20(15-23)19-11-9-17(24(3)4)14-22(19)25;2-1-3/h8-11,13-14H,5-7,12H2,1-4H3;/q+1;. The number of nitrogens with zero attached hydrogens (tertiary/aromatic N) is 3. The highest BCUT2D eigenvalue weighted by Crippen LogP contribution is 2.28. The Morgan fingerprint density at radius 1 is 1.00 bits per heavy atom. The monoisotopic (exact) mass is 376 g/mol. The highest BCUT2D eigenvalue weighted by atomic mass is 16.2. The number of unbranched alkanes of at least 4 members (excludes halogenated alkanes) is 2. The molecule has 0 bridgehead atoms.